The molecule has 1 unspecified atom stereocenters. The van der Waals surface area contributed by atoms with Crippen LogP contribution in [0.4, 0.5) is 0 Å². The Hall–Kier alpha value is -0.250. The lowest BCUT2D eigenvalue weighted by Crippen LogP contribution is -2.25. The van der Waals surface area contributed by atoms with Crippen LogP contribution in [0.2, 0.25) is 0 Å². The van der Waals surface area contributed by atoms with Gasteiger partial charge in [0, 0.05) is 15.4 Å². The number of para-hydroxylation sites is 1. The van der Waals surface area contributed by atoms with Gasteiger partial charge in [-0.1, -0.05) is 47.7 Å². The molecule has 1 aliphatic rings. The van der Waals surface area contributed by atoms with Crippen molar-refractivity contribution in [2.24, 2.45) is 0 Å². The second kappa shape index (κ2) is 2.91. The Labute approximate surface area is 86.3 Å². The minimum atomic E-state index is 0.233. The van der Waals surface area contributed by atoms with Crippen molar-refractivity contribution in [2.75, 3.05) is 11.0 Å². The SMILES string of the molecule is CC1(CI)COc2ccccc21. The van der Waals surface area contributed by atoms with Gasteiger partial charge in [-0.25, -0.2) is 0 Å². The van der Waals surface area contributed by atoms with E-state index in [9.17, 15) is 0 Å². The number of halogens is 1. The predicted molar refractivity (Wildman–Crippen MR) is 58.2 cm³/mol. The van der Waals surface area contributed by atoms with Crippen LogP contribution in [0.3, 0.4) is 0 Å². The van der Waals surface area contributed by atoms with Gasteiger partial charge in [0.2, 0.25) is 0 Å². The van der Waals surface area contributed by atoms with E-state index in [2.05, 4.69) is 41.6 Å². The average Bonchev–Trinajstić information content (AvgIpc) is 2.46. The van der Waals surface area contributed by atoms with Crippen molar-refractivity contribution in [1.29, 1.82) is 0 Å². The van der Waals surface area contributed by atoms with E-state index in [-0.39, 0.29) is 5.41 Å². The number of hydrogen-bond acceptors (Lipinski definition) is 1. The minimum Gasteiger partial charge on any atom is -0.492 e. The number of ether oxygens (including phenoxy) is 1. The van der Waals surface area contributed by atoms with E-state index in [0.717, 1.165) is 16.8 Å². The van der Waals surface area contributed by atoms with E-state index >= 15 is 0 Å². The van der Waals surface area contributed by atoms with E-state index in [4.69, 9.17) is 4.74 Å². The third kappa shape index (κ3) is 1.13. The van der Waals surface area contributed by atoms with Crippen LogP contribution in [0.15, 0.2) is 24.3 Å². The molecule has 0 fully saturated rings. The van der Waals surface area contributed by atoms with Gasteiger partial charge in [0.15, 0.2) is 0 Å². The minimum absolute atomic E-state index is 0.233. The molecule has 0 N–H and O–H groups in total. The van der Waals surface area contributed by atoms with Crippen molar-refractivity contribution in [3.63, 3.8) is 0 Å². The van der Waals surface area contributed by atoms with Crippen LogP contribution < -0.4 is 4.74 Å². The van der Waals surface area contributed by atoms with Gasteiger partial charge in [-0.15, -0.1) is 0 Å². The maximum absolute atomic E-state index is 5.60. The molecule has 0 saturated carbocycles. The maximum atomic E-state index is 5.60. The molecule has 12 heavy (non-hydrogen) atoms. The molecular weight excluding hydrogens is 263 g/mol. The Balaban J connectivity index is 2.49. The molecule has 0 aromatic heterocycles. The first-order valence-electron chi connectivity index (χ1n) is 4.04. The smallest absolute Gasteiger partial charge is 0.123 e. The van der Waals surface area contributed by atoms with Crippen molar-refractivity contribution in [3.05, 3.63) is 29.8 Å². The molecule has 1 heterocycles. The fraction of sp³-hybridized carbons (Fsp3) is 0.400. The van der Waals surface area contributed by atoms with Crippen molar-refractivity contribution in [3.8, 4) is 5.75 Å². The largest absolute Gasteiger partial charge is 0.492 e. The summed E-state index contributed by atoms with van der Waals surface area (Å²) >= 11 is 2.42. The van der Waals surface area contributed by atoms with Gasteiger partial charge in [0.1, 0.15) is 5.75 Å². The monoisotopic (exact) mass is 274 g/mol. The lowest BCUT2D eigenvalue weighted by Gasteiger charge is -2.18. The van der Waals surface area contributed by atoms with Gasteiger partial charge in [-0.3, -0.25) is 0 Å². The van der Waals surface area contributed by atoms with Crippen LogP contribution in [0.25, 0.3) is 0 Å². The number of hydrogen-bond donors (Lipinski definition) is 0. The third-order valence-electron chi connectivity index (χ3n) is 2.38. The molecule has 1 aliphatic heterocycles. The number of alkyl halides is 1. The number of rotatable bonds is 1. The van der Waals surface area contributed by atoms with E-state index < -0.39 is 0 Å². The maximum Gasteiger partial charge on any atom is 0.123 e. The summed E-state index contributed by atoms with van der Waals surface area (Å²) in [5.41, 5.74) is 1.59. The molecule has 0 spiro atoms. The summed E-state index contributed by atoms with van der Waals surface area (Å²) in [6.07, 6.45) is 0. The lowest BCUT2D eigenvalue weighted by molar-refractivity contribution is 0.295. The lowest BCUT2D eigenvalue weighted by atomic mass is 9.87. The molecular formula is C10H11IO. The molecule has 0 aliphatic carbocycles. The zero-order valence-electron chi connectivity index (χ0n) is 7.01. The predicted octanol–water partition coefficient (Wildman–Crippen LogP) is 2.77. The second-order valence-corrected chi connectivity index (χ2v) is 4.24. The summed E-state index contributed by atoms with van der Waals surface area (Å²) in [4.78, 5) is 0. The zero-order chi connectivity index (χ0) is 8.60. The standard InChI is InChI=1S/C10H11IO/c1-10(6-11)7-12-9-5-3-2-4-8(9)10/h2-5H,6-7H2,1H3. The Morgan fingerprint density at radius 2 is 2.25 bits per heavy atom. The van der Waals surface area contributed by atoms with Gasteiger partial charge < -0.3 is 4.74 Å². The highest BCUT2D eigenvalue weighted by atomic mass is 127. The summed E-state index contributed by atoms with van der Waals surface area (Å²) in [7, 11) is 0. The summed E-state index contributed by atoms with van der Waals surface area (Å²) in [5.74, 6) is 1.07. The number of fused-ring (bicyclic) bond motifs is 1. The van der Waals surface area contributed by atoms with Crippen LogP contribution in [0.5, 0.6) is 5.75 Å². The Morgan fingerprint density at radius 3 is 3.00 bits per heavy atom. The van der Waals surface area contributed by atoms with Crippen molar-refractivity contribution in [1.82, 2.24) is 0 Å². The van der Waals surface area contributed by atoms with E-state index in [1.807, 2.05) is 12.1 Å². The first-order chi connectivity index (χ1) is 5.76. The van der Waals surface area contributed by atoms with Crippen LogP contribution in [0, 0.1) is 0 Å². The molecule has 1 aromatic rings. The molecule has 2 rings (SSSR count). The van der Waals surface area contributed by atoms with Crippen LogP contribution in [-0.2, 0) is 5.41 Å². The highest BCUT2D eigenvalue weighted by molar-refractivity contribution is 14.1. The second-order valence-electron chi connectivity index (χ2n) is 3.48. The van der Waals surface area contributed by atoms with Gasteiger partial charge in [0.05, 0.1) is 6.61 Å². The van der Waals surface area contributed by atoms with E-state index in [1.165, 1.54) is 5.56 Å². The highest BCUT2D eigenvalue weighted by Crippen LogP contribution is 2.39. The average molecular weight is 274 g/mol. The Bertz CT molecular complexity index is 298. The summed E-state index contributed by atoms with van der Waals surface area (Å²) in [6, 6.07) is 8.32. The fourth-order valence-corrected chi connectivity index (χ4v) is 2.15. The topological polar surface area (TPSA) is 9.23 Å². The summed E-state index contributed by atoms with van der Waals surface area (Å²) in [6.45, 7) is 3.08. The molecule has 2 heteroatoms. The van der Waals surface area contributed by atoms with Gasteiger partial charge in [-0.05, 0) is 6.07 Å². The first kappa shape index (κ1) is 8.35. The van der Waals surface area contributed by atoms with Gasteiger partial charge in [-0.2, -0.15) is 0 Å². The Kier molecular flexibility index (Phi) is 2.02. The van der Waals surface area contributed by atoms with Gasteiger partial charge in [0.25, 0.3) is 0 Å². The molecule has 0 saturated heterocycles. The molecule has 1 nitrogen and oxygen atoms in total. The van der Waals surface area contributed by atoms with Crippen LogP contribution in [0.1, 0.15) is 12.5 Å². The van der Waals surface area contributed by atoms with Gasteiger partial charge >= 0.3 is 0 Å². The molecule has 0 bridgehead atoms. The quantitative estimate of drug-likeness (QED) is 0.565. The van der Waals surface area contributed by atoms with Crippen molar-refractivity contribution < 1.29 is 4.74 Å². The summed E-state index contributed by atoms with van der Waals surface area (Å²) < 4.78 is 6.71. The first-order valence-corrected chi connectivity index (χ1v) is 5.57. The van der Waals surface area contributed by atoms with E-state index in [1.54, 1.807) is 0 Å². The van der Waals surface area contributed by atoms with Crippen molar-refractivity contribution >= 4 is 22.6 Å². The molecule has 1 aromatic carbocycles. The van der Waals surface area contributed by atoms with Crippen LogP contribution in [-0.4, -0.2) is 11.0 Å². The molecule has 1 atom stereocenters. The molecule has 0 radical (unpaired) electrons. The summed E-state index contributed by atoms with van der Waals surface area (Å²) in [5, 5.41) is 0. The molecule has 64 valence electrons. The number of benzene rings is 1. The Morgan fingerprint density at radius 1 is 1.50 bits per heavy atom. The molecule has 0 amide bonds. The third-order valence-corrected chi connectivity index (χ3v) is 4.06. The van der Waals surface area contributed by atoms with E-state index in [0.29, 0.717) is 0 Å². The van der Waals surface area contributed by atoms with Crippen LogP contribution >= 0.6 is 22.6 Å². The highest BCUT2D eigenvalue weighted by Gasteiger charge is 2.34. The van der Waals surface area contributed by atoms with Crippen molar-refractivity contribution in [2.45, 2.75) is 12.3 Å². The normalized spacial score (nSPS) is 26.5. The zero-order valence-corrected chi connectivity index (χ0v) is 9.17. The fourth-order valence-electron chi connectivity index (χ4n) is 1.52.